The number of anilines is 1. The Kier molecular flexibility index (Phi) is 5.63. The van der Waals surface area contributed by atoms with E-state index in [1.165, 1.54) is 36.0 Å². The van der Waals surface area contributed by atoms with Crippen LogP contribution in [0.3, 0.4) is 0 Å². The number of amides is 1. The number of nitrogens with two attached hydrogens (primary N) is 1. The molecule has 142 valence electrons. The lowest BCUT2D eigenvalue weighted by molar-refractivity contribution is -0.115. The summed E-state index contributed by atoms with van der Waals surface area (Å²) in [4.78, 5) is 12.4. The van der Waals surface area contributed by atoms with Gasteiger partial charge in [0.2, 0.25) is 15.9 Å². The van der Waals surface area contributed by atoms with Crippen LogP contribution in [0, 0.1) is 0 Å². The van der Waals surface area contributed by atoms with E-state index in [0.29, 0.717) is 17.4 Å². The molecule has 3 N–H and O–H groups in total. The molecule has 0 spiro atoms. The van der Waals surface area contributed by atoms with Crippen molar-refractivity contribution in [2.45, 2.75) is 28.8 Å². The van der Waals surface area contributed by atoms with Crippen LogP contribution in [0.15, 0.2) is 63.5 Å². The van der Waals surface area contributed by atoms with Gasteiger partial charge in [-0.3, -0.25) is 4.79 Å². The van der Waals surface area contributed by atoms with Crippen LogP contribution in [0.5, 0.6) is 0 Å². The first kappa shape index (κ1) is 19.1. The van der Waals surface area contributed by atoms with Gasteiger partial charge in [0.05, 0.1) is 23.0 Å². The van der Waals surface area contributed by atoms with Gasteiger partial charge in [-0.25, -0.2) is 13.6 Å². The second-order valence-corrected chi connectivity index (χ2v) is 8.51. The average Bonchev–Trinajstić information content (AvgIpc) is 3.27. The van der Waals surface area contributed by atoms with Crippen molar-refractivity contribution in [3.05, 3.63) is 54.7 Å². The van der Waals surface area contributed by atoms with Gasteiger partial charge in [0.25, 0.3) is 0 Å². The van der Waals surface area contributed by atoms with E-state index >= 15 is 0 Å². The molecule has 27 heavy (non-hydrogen) atoms. The van der Waals surface area contributed by atoms with Crippen LogP contribution in [0.25, 0.3) is 0 Å². The SMILES string of the molecule is C[C@H](Sc1nncn1Cc1ccco1)C(=O)Nc1ccc(S(N)(=O)=O)cc1. The molecule has 3 aromatic rings. The summed E-state index contributed by atoms with van der Waals surface area (Å²) in [6.45, 7) is 2.20. The molecule has 1 aromatic carbocycles. The Labute approximate surface area is 160 Å². The van der Waals surface area contributed by atoms with Gasteiger partial charge in [-0.2, -0.15) is 0 Å². The fraction of sp³-hybridized carbons (Fsp3) is 0.188. The number of carbonyl (C=O) groups excluding carboxylic acids is 1. The van der Waals surface area contributed by atoms with Gasteiger partial charge in [-0.15, -0.1) is 10.2 Å². The number of aromatic nitrogens is 3. The zero-order chi connectivity index (χ0) is 19.4. The number of benzene rings is 1. The summed E-state index contributed by atoms with van der Waals surface area (Å²) >= 11 is 1.25. The van der Waals surface area contributed by atoms with Crippen molar-refractivity contribution in [3.63, 3.8) is 0 Å². The number of hydrogen-bond acceptors (Lipinski definition) is 7. The molecular formula is C16H17N5O4S2. The molecule has 0 aliphatic heterocycles. The summed E-state index contributed by atoms with van der Waals surface area (Å²) in [5.74, 6) is 0.500. The van der Waals surface area contributed by atoms with Crippen LogP contribution in [0.1, 0.15) is 12.7 Å². The summed E-state index contributed by atoms with van der Waals surface area (Å²) in [6.07, 6.45) is 3.16. The zero-order valence-electron chi connectivity index (χ0n) is 14.3. The highest BCUT2D eigenvalue weighted by atomic mass is 32.2. The zero-order valence-corrected chi connectivity index (χ0v) is 15.9. The van der Waals surface area contributed by atoms with E-state index in [0.717, 1.165) is 5.76 Å². The van der Waals surface area contributed by atoms with Crippen molar-refractivity contribution in [1.29, 1.82) is 0 Å². The Hall–Kier alpha value is -2.63. The van der Waals surface area contributed by atoms with Gasteiger partial charge < -0.3 is 14.3 Å². The molecule has 3 rings (SSSR count). The van der Waals surface area contributed by atoms with Gasteiger partial charge in [0.1, 0.15) is 12.1 Å². The molecule has 0 saturated carbocycles. The molecule has 1 atom stereocenters. The van der Waals surface area contributed by atoms with E-state index in [1.54, 1.807) is 30.1 Å². The molecule has 0 saturated heterocycles. The minimum atomic E-state index is -3.77. The van der Waals surface area contributed by atoms with Crippen molar-refractivity contribution in [1.82, 2.24) is 14.8 Å². The molecule has 0 unspecified atom stereocenters. The first-order valence-electron chi connectivity index (χ1n) is 7.83. The molecule has 0 bridgehead atoms. The van der Waals surface area contributed by atoms with Gasteiger partial charge >= 0.3 is 0 Å². The third kappa shape index (κ3) is 4.96. The number of sulfonamides is 1. The minimum absolute atomic E-state index is 0.0195. The van der Waals surface area contributed by atoms with E-state index in [4.69, 9.17) is 9.56 Å². The van der Waals surface area contributed by atoms with E-state index < -0.39 is 15.3 Å². The van der Waals surface area contributed by atoms with Crippen LogP contribution in [-0.4, -0.2) is 34.3 Å². The van der Waals surface area contributed by atoms with Gasteiger partial charge in [-0.1, -0.05) is 11.8 Å². The van der Waals surface area contributed by atoms with Crippen LogP contribution in [0.2, 0.25) is 0 Å². The van der Waals surface area contributed by atoms with E-state index in [-0.39, 0.29) is 10.8 Å². The standard InChI is InChI=1S/C16H17N5O4S2/c1-11(15(22)19-12-4-6-14(7-5-12)27(17,23)24)26-16-20-18-10-21(16)9-13-3-2-8-25-13/h2-8,10-11H,9H2,1H3,(H,19,22)(H2,17,23,24)/t11-/m0/s1. The van der Waals surface area contributed by atoms with Crippen molar-refractivity contribution < 1.29 is 17.6 Å². The van der Waals surface area contributed by atoms with Crippen molar-refractivity contribution in [2.75, 3.05) is 5.32 Å². The highest BCUT2D eigenvalue weighted by Gasteiger charge is 2.19. The second-order valence-electron chi connectivity index (χ2n) is 5.64. The Morgan fingerprint density at radius 3 is 2.70 bits per heavy atom. The lowest BCUT2D eigenvalue weighted by Gasteiger charge is -2.12. The summed E-state index contributed by atoms with van der Waals surface area (Å²) in [5.41, 5.74) is 0.469. The second kappa shape index (κ2) is 7.94. The van der Waals surface area contributed by atoms with Gasteiger partial charge in [-0.05, 0) is 43.3 Å². The van der Waals surface area contributed by atoms with E-state index in [1.807, 2.05) is 6.07 Å². The molecule has 0 aliphatic carbocycles. The molecule has 0 radical (unpaired) electrons. The number of carbonyl (C=O) groups is 1. The number of nitrogens with one attached hydrogen (secondary N) is 1. The summed E-state index contributed by atoms with van der Waals surface area (Å²) in [7, 11) is -3.77. The smallest absolute Gasteiger partial charge is 0.238 e. The van der Waals surface area contributed by atoms with Crippen LogP contribution in [-0.2, 0) is 21.4 Å². The molecule has 9 nitrogen and oxygen atoms in total. The molecule has 11 heteroatoms. The monoisotopic (exact) mass is 407 g/mol. The van der Waals surface area contributed by atoms with E-state index in [2.05, 4.69) is 15.5 Å². The molecule has 1 amide bonds. The third-order valence-electron chi connectivity index (χ3n) is 3.59. The summed E-state index contributed by atoms with van der Waals surface area (Å²) in [6, 6.07) is 9.27. The maximum atomic E-state index is 12.4. The maximum Gasteiger partial charge on any atom is 0.238 e. The Morgan fingerprint density at radius 2 is 2.07 bits per heavy atom. The number of hydrogen-bond donors (Lipinski definition) is 2. The molecule has 2 aromatic heterocycles. The lowest BCUT2D eigenvalue weighted by atomic mass is 10.3. The number of furan rings is 1. The number of primary sulfonamides is 1. The maximum absolute atomic E-state index is 12.4. The fourth-order valence-corrected chi connectivity index (χ4v) is 3.54. The predicted molar refractivity (Wildman–Crippen MR) is 99.6 cm³/mol. The van der Waals surface area contributed by atoms with Gasteiger partial charge in [0.15, 0.2) is 5.16 Å². The number of rotatable bonds is 7. The Morgan fingerprint density at radius 1 is 1.33 bits per heavy atom. The third-order valence-corrected chi connectivity index (χ3v) is 5.61. The van der Waals surface area contributed by atoms with Crippen molar-refractivity contribution in [2.24, 2.45) is 5.14 Å². The van der Waals surface area contributed by atoms with Gasteiger partial charge in [0, 0.05) is 5.69 Å². The van der Waals surface area contributed by atoms with Crippen molar-refractivity contribution >= 4 is 33.4 Å². The van der Waals surface area contributed by atoms with Crippen LogP contribution in [0.4, 0.5) is 5.69 Å². The first-order chi connectivity index (χ1) is 12.8. The predicted octanol–water partition coefficient (Wildman–Crippen LogP) is 1.69. The van der Waals surface area contributed by atoms with Crippen LogP contribution < -0.4 is 10.5 Å². The number of thioether (sulfide) groups is 1. The normalized spacial score (nSPS) is 12.7. The Bertz CT molecular complexity index is 1010. The quantitative estimate of drug-likeness (QED) is 0.569. The molecule has 2 heterocycles. The van der Waals surface area contributed by atoms with Crippen LogP contribution >= 0.6 is 11.8 Å². The Balaban J connectivity index is 1.62. The summed E-state index contributed by atoms with van der Waals surface area (Å²) < 4.78 is 29.6. The molecule has 0 fully saturated rings. The highest BCUT2D eigenvalue weighted by molar-refractivity contribution is 8.00. The summed E-state index contributed by atoms with van der Waals surface area (Å²) in [5, 5.41) is 15.8. The minimum Gasteiger partial charge on any atom is -0.467 e. The largest absolute Gasteiger partial charge is 0.467 e. The average molecular weight is 407 g/mol. The van der Waals surface area contributed by atoms with Crippen molar-refractivity contribution in [3.8, 4) is 0 Å². The molecule has 0 aliphatic rings. The lowest BCUT2D eigenvalue weighted by Crippen LogP contribution is -2.23. The fourth-order valence-electron chi connectivity index (χ4n) is 2.20. The first-order valence-corrected chi connectivity index (χ1v) is 10.3. The highest BCUT2D eigenvalue weighted by Crippen LogP contribution is 2.23. The number of nitrogens with zero attached hydrogens (tertiary/aromatic N) is 3. The molecular weight excluding hydrogens is 390 g/mol. The van der Waals surface area contributed by atoms with E-state index in [9.17, 15) is 13.2 Å². The topological polar surface area (TPSA) is 133 Å².